The number of hydrogen-bond acceptors (Lipinski definition) is 4. The minimum Gasteiger partial charge on any atom is -0.310 e. The summed E-state index contributed by atoms with van der Waals surface area (Å²) in [7, 11) is 0. The maximum atomic E-state index is 12.2. The molecule has 0 unspecified atom stereocenters. The Balaban J connectivity index is 2.40. The van der Waals surface area contributed by atoms with E-state index in [9.17, 15) is 4.79 Å². The van der Waals surface area contributed by atoms with Gasteiger partial charge in [-0.15, -0.1) is 22.7 Å². The Kier molecular flexibility index (Phi) is 2.80. The highest BCUT2D eigenvalue weighted by Crippen LogP contribution is 2.37. The smallest absolute Gasteiger partial charge is 0.260 e. The van der Waals surface area contributed by atoms with Crippen molar-refractivity contribution in [1.82, 2.24) is 9.97 Å². The van der Waals surface area contributed by atoms with Crippen molar-refractivity contribution < 1.29 is 0 Å². The first-order valence-electron chi connectivity index (χ1n) is 5.77. The molecule has 5 heteroatoms. The molecule has 0 bridgehead atoms. The molecule has 18 heavy (non-hydrogen) atoms. The number of aryl methyl sites for hydroxylation is 2. The molecule has 0 aliphatic heterocycles. The van der Waals surface area contributed by atoms with Crippen molar-refractivity contribution in [2.45, 2.75) is 20.3 Å². The number of hydrogen-bond donors (Lipinski definition) is 1. The van der Waals surface area contributed by atoms with Gasteiger partial charge in [0.25, 0.3) is 5.56 Å². The Morgan fingerprint density at radius 1 is 1.44 bits per heavy atom. The number of aromatic amines is 1. The van der Waals surface area contributed by atoms with Crippen LogP contribution in [-0.2, 0) is 6.42 Å². The molecular weight excluding hydrogens is 264 g/mol. The quantitative estimate of drug-likeness (QED) is 0.777. The Morgan fingerprint density at radius 2 is 2.28 bits per heavy atom. The lowest BCUT2D eigenvalue weighted by Crippen LogP contribution is -2.10. The van der Waals surface area contributed by atoms with Gasteiger partial charge in [-0.3, -0.25) is 4.79 Å². The largest absolute Gasteiger partial charge is 0.310 e. The van der Waals surface area contributed by atoms with Crippen LogP contribution in [0.2, 0.25) is 0 Å². The van der Waals surface area contributed by atoms with E-state index in [-0.39, 0.29) is 5.56 Å². The van der Waals surface area contributed by atoms with Gasteiger partial charge in [0, 0.05) is 21.7 Å². The molecule has 0 saturated heterocycles. The van der Waals surface area contributed by atoms with Crippen LogP contribution >= 0.6 is 22.7 Å². The van der Waals surface area contributed by atoms with Crippen LogP contribution in [0.3, 0.4) is 0 Å². The third-order valence-corrected chi connectivity index (χ3v) is 4.78. The van der Waals surface area contributed by atoms with Gasteiger partial charge < -0.3 is 4.98 Å². The molecule has 0 aliphatic carbocycles. The number of nitrogens with one attached hydrogen (secondary N) is 1. The lowest BCUT2D eigenvalue weighted by Gasteiger charge is -1.98. The second kappa shape index (κ2) is 4.33. The van der Waals surface area contributed by atoms with E-state index in [1.807, 2.05) is 31.4 Å². The molecule has 3 aromatic rings. The van der Waals surface area contributed by atoms with Crippen LogP contribution in [0.4, 0.5) is 0 Å². The Morgan fingerprint density at radius 3 is 2.94 bits per heavy atom. The normalized spacial score (nSPS) is 11.2. The van der Waals surface area contributed by atoms with Gasteiger partial charge in [-0.05, 0) is 18.4 Å². The summed E-state index contributed by atoms with van der Waals surface area (Å²) in [5.41, 5.74) is 1.02. The zero-order chi connectivity index (χ0) is 12.7. The summed E-state index contributed by atoms with van der Waals surface area (Å²) < 4.78 is 0. The van der Waals surface area contributed by atoms with E-state index in [1.165, 1.54) is 0 Å². The van der Waals surface area contributed by atoms with E-state index >= 15 is 0 Å². The zero-order valence-corrected chi connectivity index (χ0v) is 11.7. The topological polar surface area (TPSA) is 45.8 Å². The molecule has 3 aromatic heterocycles. The summed E-state index contributed by atoms with van der Waals surface area (Å²) in [5.74, 6) is 0.756. The minimum absolute atomic E-state index is 0.0235. The van der Waals surface area contributed by atoms with Gasteiger partial charge in [-0.2, -0.15) is 0 Å². The van der Waals surface area contributed by atoms with Crippen LogP contribution in [0.15, 0.2) is 22.3 Å². The van der Waals surface area contributed by atoms with Crippen molar-refractivity contribution in [3.8, 4) is 10.4 Å². The fourth-order valence-corrected chi connectivity index (χ4v) is 4.00. The second-order valence-corrected chi connectivity index (χ2v) is 6.21. The second-order valence-electron chi connectivity index (χ2n) is 4.06. The van der Waals surface area contributed by atoms with Crippen LogP contribution in [0.1, 0.15) is 17.6 Å². The first kappa shape index (κ1) is 11.6. The van der Waals surface area contributed by atoms with E-state index < -0.39 is 0 Å². The molecular formula is C13H12N2OS2. The van der Waals surface area contributed by atoms with Crippen molar-refractivity contribution in [3.63, 3.8) is 0 Å². The highest BCUT2D eigenvalue weighted by Gasteiger charge is 2.16. The van der Waals surface area contributed by atoms with Gasteiger partial charge in [-0.25, -0.2) is 4.98 Å². The predicted molar refractivity (Wildman–Crippen MR) is 77.7 cm³/mol. The molecule has 1 N–H and O–H groups in total. The van der Waals surface area contributed by atoms with Crippen LogP contribution in [0.25, 0.3) is 20.7 Å². The van der Waals surface area contributed by atoms with E-state index in [4.69, 9.17) is 0 Å². The maximum absolute atomic E-state index is 12.2. The van der Waals surface area contributed by atoms with Gasteiger partial charge >= 0.3 is 0 Å². The molecule has 0 fully saturated rings. The van der Waals surface area contributed by atoms with Crippen LogP contribution < -0.4 is 5.56 Å². The standard InChI is InChI=1S/C13H12N2OS2/c1-3-9-14-12(16)11-10(8-5-4-6-17-8)7(2)18-13(11)15-9/h4-6H,3H2,1-2H3,(H,14,15,16). The predicted octanol–water partition coefficient (Wildman–Crippen LogP) is 3.58. The van der Waals surface area contributed by atoms with E-state index in [1.54, 1.807) is 22.7 Å². The van der Waals surface area contributed by atoms with Crippen molar-refractivity contribution in [1.29, 1.82) is 0 Å². The van der Waals surface area contributed by atoms with Gasteiger partial charge in [-0.1, -0.05) is 13.0 Å². The number of nitrogens with zero attached hydrogens (tertiary/aromatic N) is 1. The number of aromatic nitrogens is 2. The lowest BCUT2D eigenvalue weighted by atomic mass is 10.1. The molecule has 92 valence electrons. The molecule has 0 aromatic carbocycles. The molecule has 0 spiro atoms. The van der Waals surface area contributed by atoms with Crippen molar-refractivity contribution in [2.75, 3.05) is 0 Å². The van der Waals surface area contributed by atoms with Gasteiger partial charge in [0.2, 0.25) is 0 Å². The van der Waals surface area contributed by atoms with E-state index in [0.717, 1.165) is 37.8 Å². The monoisotopic (exact) mass is 276 g/mol. The molecule has 0 radical (unpaired) electrons. The summed E-state index contributed by atoms with van der Waals surface area (Å²) in [6, 6.07) is 4.05. The van der Waals surface area contributed by atoms with Crippen LogP contribution in [-0.4, -0.2) is 9.97 Å². The maximum Gasteiger partial charge on any atom is 0.260 e. The van der Waals surface area contributed by atoms with Crippen LogP contribution in [0.5, 0.6) is 0 Å². The minimum atomic E-state index is -0.0235. The first-order chi connectivity index (χ1) is 8.70. The van der Waals surface area contributed by atoms with Gasteiger partial charge in [0.1, 0.15) is 10.7 Å². The third-order valence-electron chi connectivity index (χ3n) is 2.89. The van der Waals surface area contributed by atoms with Gasteiger partial charge in [0.05, 0.1) is 5.39 Å². The Hall–Kier alpha value is -1.46. The highest BCUT2D eigenvalue weighted by atomic mass is 32.1. The SMILES string of the molecule is CCc1nc2sc(C)c(-c3cccs3)c2c(=O)[nH]1. The summed E-state index contributed by atoms with van der Waals surface area (Å²) in [4.78, 5) is 22.7. The van der Waals surface area contributed by atoms with E-state index in [0.29, 0.717) is 0 Å². The summed E-state index contributed by atoms with van der Waals surface area (Å²) in [5, 5.41) is 2.76. The summed E-state index contributed by atoms with van der Waals surface area (Å²) >= 11 is 3.25. The fourth-order valence-electron chi connectivity index (χ4n) is 2.05. The molecule has 0 atom stereocenters. The number of fused-ring (bicyclic) bond motifs is 1. The molecule has 0 aliphatic rings. The van der Waals surface area contributed by atoms with Crippen molar-refractivity contribution >= 4 is 32.9 Å². The Labute approximate surface area is 112 Å². The summed E-state index contributed by atoms with van der Waals surface area (Å²) in [6.07, 6.45) is 0.746. The third kappa shape index (κ3) is 1.71. The number of H-pyrrole nitrogens is 1. The molecule has 3 rings (SSSR count). The Bertz CT molecular complexity index is 753. The van der Waals surface area contributed by atoms with Crippen molar-refractivity contribution in [3.05, 3.63) is 38.6 Å². The van der Waals surface area contributed by atoms with E-state index in [2.05, 4.69) is 9.97 Å². The average molecular weight is 276 g/mol. The fraction of sp³-hybridized carbons (Fsp3) is 0.231. The molecule has 0 saturated carbocycles. The van der Waals surface area contributed by atoms with Crippen LogP contribution in [0, 0.1) is 6.92 Å². The average Bonchev–Trinajstić information content (AvgIpc) is 2.95. The zero-order valence-electron chi connectivity index (χ0n) is 10.1. The number of thiophene rings is 2. The number of rotatable bonds is 2. The first-order valence-corrected chi connectivity index (χ1v) is 7.46. The molecule has 3 nitrogen and oxygen atoms in total. The summed E-state index contributed by atoms with van der Waals surface area (Å²) in [6.45, 7) is 4.04. The van der Waals surface area contributed by atoms with Gasteiger partial charge in [0.15, 0.2) is 0 Å². The lowest BCUT2D eigenvalue weighted by molar-refractivity contribution is 0.948. The highest BCUT2D eigenvalue weighted by molar-refractivity contribution is 7.20. The van der Waals surface area contributed by atoms with Crippen molar-refractivity contribution in [2.24, 2.45) is 0 Å². The molecule has 0 amide bonds. The molecule has 3 heterocycles.